The van der Waals surface area contributed by atoms with Crippen LogP contribution in [-0.4, -0.2) is 22.3 Å². The topological polar surface area (TPSA) is 27.7 Å². The van der Waals surface area contributed by atoms with E-state index in [1.165, 1.54) is 12.8 Å². The smallest absolute Gasteiger partial charge is 0.332 e. The zero-order chi connectivity index (χ0) is 14.1. The summed E-state index contributed by atoms with van der Waals surface area (Å²) in [4.78, 5) is 0. The molecular weight excluding hydrogens is 256 g/mol. The van der Waals surface area contributed by atoms with Crippen LogP contribution in [0.25, 0.3) is 0 Å². The Kier molecular flexibility index (Phi) is 7.13. The number of rotatable bonds is 9. The van der Waals surface area contributed by atoms with E-state index in [0.717, 1.165) is 24.3 Å². The van der Waals surface area contributed by atoms with Crippen molar-refractivity contribution in [3.63, 3.8) is 0 Å². The molecule has 1 aromatic rings. The standard InChI is InChI=1S/C15H26O3Si/c1-5-6-7-12-17-19(3,4)18-13-14-8-10-15(16-2)11-9-14/h8-11H,5-7,12-13H2,1-4H3. The van der Waals surface area contributed by atoms with E-state index in [-0.39, 0.29) is 0 Å². The lowest BCUT2D eigenvalue weighted by molar-refractivity contribution is 0.169. The van der Waals surface area contributed by atoms with Crippen molar-refractivity contribution in [2.24, 2.45) is 0 Å². The molecule has 0 aliphatic rings. The lowest BCUT2D eigenvalue weighted by Gasteiger charge is -2.23. The Balaban J connectivity index is 2.32. The molecule has 0 atom stereocenters. The first-order chi connectivity index (χ1) is 9.07. The third kappa shape index (κ3) is 6.75. The lowest BCUT2D eigenvalue weighted by atomic mass is 10.2. The van der Waals surface area contributed by atoms with Crippen LogP contribution in [0.5, 0.6) is 5.75 Å². The van der Waals surface area contributed by atoms with Crippen molar-refractivity contribution in [3.05, 3.63) is 29.8 Å². The SMILES string of the molecule is CCCCCO[Si](C)(C)OCc1ccc(OC)cc1. The monoisotopic (exact) mass is 282 g/mol. The summed E-state index contributed by atoms with van der Waals surface area (Å²) in [6.07, 6.45) is 3.57. The van der Waals surface area contributed by atoms with Crippen LogP contribution in [0.1, 0.15) is 31.7 Å². The van der Waals surface area contributed by atoms with Crippen LogP contribution in [0.3, 0.4) is 0 Å². The average molecular weight is 282 g/mol. The van der Waals surface area contributed by atoms with E-state index in [1.807, 2.05) is 24.3 Å². The van der Waals surface area contributed by atoms with Crippen LogP contribution in [0.4, 0.5) is 0 Å². The third-order valence-electron chi connectivity index (χ3n) is 2.94. The van der Waals surface area contributed by atoms with E-state index in [4.69, 9.17) is 13.6 Å². The lowest BCUT2D eigenvalue weighted by Crippen LogP contribution is -2.34. The normalized spacial score (nSPS) is 11.6. The fourth-order valence-electron chi connectivity index (χ4n) is 1.69. The molecule has 0 saturated heterocycles. The maximum atomic E-state index is 5.95. The molecule has 19 heavy (non-hydrogen) atoms. The minimum absolute atomic E-state index is 0.608. The summed E-state index contributed by atoms with van der Waals surface area (Å²) < 4.78 is 17.0. The maximum Gasteiger partial charge on any atom is 0.332 e. The van der Waals surface area contributed by atoms with E-state index in [9.17, 15) is 0 Å². The summed E-state index contributed by atoms with van der Waals surface area (Å²) in [6, 6.07) is 7.96. The van der Waals surface area contributed by atoms with Gasteiger partial charge in [0.15, 0.2) is 0 Å². The van der Waals surface area contributed by atoms with Gasteiger partial charge in [0.2, 0.25) is 0 Å². The molecule has 0 aliphatic heterocycles. The second kappa shape index (κ2) is 8.35. The van der Waals surface area contributed by atoms with Gasteiger partial charge in [-0.2, -0.15) is 0 Å². The van der Waals surface area contributed by atoms with Crippen LogP contribution in [0.15, 0.2) is 24.3 Å². The van der Waals surface area contributed by atoms with Crippen LogP contribution >= 0.6 is 0 Å². The number of unbranched alkanes of at least 4 members (excludes halogenated alkanes) is 2. The Hall–Kier alpha value is -0.843. The minimum Gasteiger partial charge on any atom is -0.497 e. The molecule has 108 valence electrons. The predicted molar refractivity (Wildman–Crippen MR) is 80.7 cm³/mol. The van der Waals surface area contributed by atoms with Gasteiger partial charge in [-0.25, -0.2) is 0 Å². The van der Waals surface area contributed by atoms with Gasteiger partial charge in [0.1, 0.15) is 5.75 Å². The van der Waals surface area contributed by atoms with Crippen molar-refractivity contribution >= 4 is 8.56 Å². The highest BCUT2D eigenvalue weighted by Crippen LogP contribution is 2.15. The van der Waals surface area contributed by atoms with E-state index < -0.39 is 8.56 Å². The largest absolute Gasteiger partial charge is 0.497 e. The number of methoxy groups -OCH3 is 1. The van der Waals surface area contributed by atoms with Gasteiger partial charge >= 0.3 is 8.56 Å². The highest BCUT2D eigenvalue weighted by atomic mass is 28.4. The Morgan fingerprint density at radius 1 is 1.00 bits per heavy atom. The fourth-order valence-corrected chi connectivity index (χ4v) is 2.92. The van der Waals surface area contributed by atoms with Gasteiger partial charge in [0, 0.05) is 6.61 Å². The first kappa shape index (κ1) is 16.2. The highest BCUT2D eigenvalue weighted by molar-refractivity contribution is 6.64. The minimum atomic E-state index is -1.99. The van der Waals surface area contributed by atoms with Crippen molar-refractivity contribution in [3.8, 4) is 5.75 Å². The summed E-state index contributed by atoms with van der Waals surface area (Å²) in [6.45, 7) is 7.82. The van der Waals surface area contributed by atoms with Crippen LogP contribution < -0.4 is 4.74 Å². The number of ether oxygens (including phenoxy) is 1. The second-order valence-corrected chi connectivity index (χ2v) is 8.47. The van der Waals surface area contributed by atoms with Gasteiger partial charge in [-0.1, -0.05) is 31.9 Å². The maximum absolute atomic E-state index is 5.95. The van der Waals surface area contributed by atoms with Gasteiger partial charge in [0.05, 0.1) is 13.7 Å². The van der Waals surface area contributed by atoms with E-state index in [0.29, 0.717) is 6.61 Å². The fraction of sp³-hybridized carbons (Fsp3) is 0.600. The molecule has 0 N–H and O–H groups in total. The molecule has 4 heteroatoms. The summed E-state index contributed by atoms with van der Waals surface area (Å²) in [5, 5.41) is 0. The molecule has 0 spiro atoms. The first-order valence-electron chi connectivity index (χ1n) is 6.98. The second-order valence-electron chi connectivity index (χ2n) is 5.09. The van der Waals surface area contributed by atoms with Crippen molar-refractivity contribution < 1.29 is 13.6 Å². The van der Waals surface area contributed by atoms with Gasteiger partial charge in [-0.05, 0) is 37.2 Å². The molecule has 0 bridgehead atoms. The van der Waals surface area contributed by atoms with Crippen molar-refractivity contribution in [2.45, 2.75) is 45.9 Å². The molecule has 0 fully saturated rings. The van der Waals surface area contributed by atoms with Crippen molar-refractivity contribution in [1.29, 1.82) is 0 Å². The molecule has 1 aromatic carbocycles. The number of benzene rings is 1. The Morgan fingerprint density at radius 2 is 1.68 bits per heavy atom. The van der Waals surface area contributed by atoms with Crippen molar-refractivity contribution in [2.75, 3.05) is 13.7 Å². The molecule has 0 aromatic heterocycles. The summed E-state index contributed by atoms with van der Waals surface area (Å²) in [7, 11) is -0.317. The van der Waals surface area contributed by atoms with Crippen molar-refractivity contribution in [1.82, 2.24) is 0 Å². The summed E-state index contributed by atoms with van der Waals surface area (Å²) in [5.74, 6) is 0.871. The molecular formula is C15H26O3Si. The third-order valence-corrected chi connectivity index (χ3v) is 4.68. The summed E-state index contributed by atoms with van der Waals surface area (Å²) in [5.41, 5.74) is 1.15. The molecule has 0 unspecified atom stereocenters. The van der Waals surface area contributed by atoms with Crippen LogP contribution in [0.2, 0.25) is 13.1 Å². The average Bonchev–Trinajstić information content (AvgIpc) is 2.42. The van der Waals surface area contributed by atoms with E-state index >= 15 is 0 Å². The number of hydrogen-bond acceptors (Lipinski definition) is 3. The number of hydrogen-bond donors (Lipinski definition) is 0. The molecule has 3 nitrogen and oxygen atoms in total. The first-order valence-corrected chi connectivity index (χ1v) is 9.80. The molecule has 0 saturated carbocycles. The predicted octanol–water partition coefficient (Wildman–Crippen LogP) is 4.12. The van der Waals surface area contributed by atoms with E-state index in [2.05, 4.69) is 20.0 Å². The zero-order valence-corrected chi connectivity index (χ0v) is 13.6. The van der Waals surface area contributed by atoms with E-state index in [1.54, 1.807) is 7.11 Å². The van der Waals surface area contributed by atoms with Gasteiger partial charge in [-0.15, -0.1) is 0 Å². The van der Waals surface area contributed by atoms with Gasteiger partial charge < -0.3 is 13.6 Å². The van der Waals surface area contributed by atoms with Crippen LogP contribution in [-0.2, 0) is 15.5 Å². The molecule has 0 radical (unpaired) electrons. The molecule has 0 aliphatic carbocycles. The van der Waals surface area contributed by atoms with Gasteiger partial charge in [0.25, 0.3) is 0 Å². The molecule has 0 heterocycles. The summed E-state index contributed by atoms with van der Waals surface area (Å²) >= 11 is 0. The Morgan fingerprint density at radius 3 is 2.26 bits per heavy atom. The quantitative estimate of drug-likeness (QED) is 0.504. The molecule has 0 amide bonds. The van der Waals surface area contributed by atoms with Crippen LogP contribution in [0, 0.1) is 0 Å². The molecule has 1 rings (SSSR count). The zero-order valence-electron chi connectivity index (χ0n) is 12.6. The highest BCUT2D eigenvalue weighted by Gasteiger charge is 2.24. The van der Waals surface area contributed by atoms with Gasteiger partial charge in [-0.3, -0.25) is 0 Å². The Labute approximate surface area is 118 Å². The Bertz CT molecular complexity index is 349.